The van der Waals surface area contributed by atoms with Gasteiger partial charge in [0.2, 0.25) is 6.79 Å². The zero-order chi connectivity index (χ0) is 27.3. The van der Waals surface area contributed by atoms with E-state index in [1.54, 1.807) is 18.3 Å². The molecule has 0 aliphatic carbocycles. The fourth-order valence-corrected chi connectivity index (χ4v) is 4.55. The summed E-state index contributed by atoms with van der Waals surface area (Å²) in [7, 11) is 0. The van der Waals surface area contributed by atoms with Gasteiger partial charge in [-0.2, -0.15) is 5.10 Å². The molecule has 0 saturated carbocycles. The number of ether oxygens (including phenoxy) is 3. The molecule has 0 radical (unpaired) electrons. The fraction of sp³-hybridized carbons (Fsp3) is 0.0909. The lowest BCUT2D eigenvalue weighted by Gasteiger charge is -2.12. The molecule has 0 fully saturated rings. The lowest BCUT2D eigenvalue weighted by molar-refractivity contribution is 0.0955. The van der Waals surface area contributed by atoms with Crippen LogP contribution in [0, 0.1) is 6.92 Å². The summed E-state index contributed by atoms with van der Waals surface area (Å²) >= 11 is 0. The van der Waals surface area contributed by atoms with E-state index in [0.29, 0.717) is 12.2 Å². The van der Waals surface area contributed by atoms with Gasteiger partial charge >= 0.3 is 0 Å². The summed E-state index contributed by atoms with van der Waals surface area (Å²) in [6.07, 6.45) is 1.60. The number of hydrogen-bond acceptors (Lipinski definition) is 5. The molecule has 1 N–H and O–H groups in total. The van der Waals surface area contributed by atoms with E-state index in [1.807, 2.05) is 72.8 Å². The molecule has 40 heavy (non-hydrogen) atoms. The second-order valence-corrected chi connectivity index (χ2v) is 9.35. The van der Waals surface area contributed by atoms with E-state index in [2.05, 4.69) is 46.3 Å². The SMILES string of the molecule is Cc1ccc(-c2ccccc2)n1-c1ccc(C(=O)N/N=C/c2ccc(OCc3ccc4c(c3)OCO4)cc2)cc1. The molecular weight excluding hydrogens is 502 g/mol. The second-order valence-electron chi connectivity index (χ2n) is 9.35. The highest BCUT2D eigenvalue weighted by atomic mass is 16.7. The van der Waals surface area contributed by atoms with Crippen LogP contribution in [0.15, 0.2) is 114 Å². The summed E-state index contributed by atoms with van der Waals surface area (Å²) in [6, 6.07) is 35.2. The summed E-state index contributed by atoms with van der Waals surface area (Å²) in [5.41, 5.74) is 9.30. The number of nitrogens with one attached hydrogen (secondary N) is 1. The summed E-state index contributed by atoms with van der Waals surface area (Å²) < 4.78 is 18.8. The lowest BCUT2D eigenvalue weighted by Crippen LogP contribution is -2.17. The average molecular weight is 530 g/mol. The molecule has 1 aliphatic rings. The zero-order valence-electron chi connectivity index (χ0n) is 21.9. The third-order valence-corrected chi connectivity index (χ3v) is 6.64. The molecule has 1 aromatic heterocycles. The molecule has 7 heteroatoms. The highest BCUT2D eigenvalue weighted by Crippen LogP contribution is 2.33. The Hall–Kier alpha value is -5.30. The van der Waals surface area contributed by atoms with Crippen LogP contribution in [0.4, 0.5) is 0 Å². The fourth-order valence-electron chi connectivity index (χ4n) is 4.55. The van der Waals surface area contributed by atoms with Crippen LogP contribution in [0.1, 0.15) is 27.2 Å². The molecule has 0 bridgehead atoms. The Bertz CT molecular complexity index is 1660. The molecule has 4 aromatic carbocycles. The van der Waals surface area contributed by atoms with Crippen molar-refractivity contribution in [3.8, 4) is 34.2 Å². The van der Waals surface area contributed by atoms with E-state index in [1.165, 1.54) is 0 Å². The van der Waals surface area contributed by atoms with Gasteiger partial charge in [0, 0.05) is 16.9 Å². The number of hydrogen-bond donors (Lipinski definition) is 1. The van der Waals surface area contributed by atoms with Crippen LogP contribution in [0.5, 0.6) is 17.2 Å². The first-order valence-electron chi connectivity index (χ1n) is 12.9. The van der Waals surface area contributed by atoms with Gasteiger partial charge in [-0.3, -0.25) is 4.79 Å². The van der Waals surface area contributed by atoms with Gasteiger partial charge in [0.15, 0.2) is 11.5 Å². The first kappa shape index (κ1) is 25.0. The van der Waals surface area contributed by atoms with E-state index in [-0.39, 0.29) is 12.7 Å². The first-order chi connectivity index (χ1) is 19.6. The number of hydrazone groups is 1. The van der Waals surface area contributed by atoms with Crippen molar-refractivity contribution in [2.75, 3.05) is 6.79 Å². The molecule has 5 aromatic rings. The molecular formula is C33H27N3O4. The molecule has 0 spiro atoms. The van der Waals surface area contributed by atoms with Gasteiger partial charge in [0.25, 0.3) is 5.91 Å². The van der Waals surface area contributed by atoms with Gasteiger partial charge in [-0.1, -0.05) is 36.4 Å². The Morgan fingerprint density at radius 3 is 2.48 bits per heavy atom. The summed E-state index contributed by atoms with van der Waals surface area (Å²) in [5.74, 6) is 1.94. The highest BCUT2D eigenvalue weighted by Gasteiger charge is 2.13. The molecule has 6 rings (SSSR count). The van der Waals surface area contributed by atoms with Crippen molar-refractivity contribution in [1.29, 1.82) is 0 Å². The quantitative estimate of drug-likeness (QED) is 0.183. The first-order valence-corrected chi connectivity index (χ1v) is 12.9. The maximum atomic E-state index is 12.7. The molecule has 0 atom stereocenters. The van der Waals surface area contributed by atoms with E-state index in [9.17, 15) is 4.79 Å². The number of rotatable bonds is 8. The normalized spacial score (nSPS) is 12.0. The van der Waals surface area contributed by atoms with Crippen LogP contribution < -0.4 is 19.6 Å². The van der Waals surface area contributed by atoms with Gasteiger partial charge in [-0.15, -0.1) is 0 Å². The minimum absolute atomic E-state index is 0.249. The molecule has 1 amide bonds. The van der Waals surface area contributed by atoms with Gasteiger partial charge in [0.05, 0.1) is 11.9 Å². The predicted octanol–water partition coefficient (Wildman–Crippen LogP) is 6.52. The number of amides is 1. The van der Waals surface area contributed by atoms with E-state index in [4.69, 9.17) is 14.2 Å². The van der Waals surface area contributed by atoms with Crippen molar-refractivity contribution in [2.45, 2.75) is 13.5 Å². The number of nitrogens with zero attached hydrogens (tertiary/aromatic N) is 2. The third kappa shape index (κ3) is 5.44. The van der Waals surface area contributed by atoms with Crippen molar-refractivity contribution in [3.63, 3.8) is 0 Å². The standard InChI is InChI=1S/C33H27N3O4/c1-23-7-17-30(26-5-3-2-4-6-26)36(23)28-13-11-27(12-14-28)33(37)35-34-20-24-8-15-29(16-9-24)38-21-25-10-18-31-32(19-25)40-22-39-31/h2-20H,21-22H2,1H3,(H,35,37)/b34-20+. The highest BCUT2D eigenvalue weighted by molar-refractivity contribution is 5.95. The summed E-state index contributed by atoms with van der Waals surface area (Å²) in [6.45, 7) is 2.73. The van der Waals surface area contributed by atoms with Crippen LogP contribution in [-0.2, 0) is 6.61 Å². The number of carbonyl (C=O) groups excluding carboxylic acids is 1. The van der Waals surface area contributed by atoms with Crippen molar-refractivity contribution in [1.82, 2.24) is 9.99 Å². The van der Waals surface area contributed by atoms with E-state index < -0.39 is 0 Å². The second kappa shape index (κ2) is 11.2. The maximum Gasteiger partial charge on any atom is 0.271 e. The van der Waals surface area contributed by atoms with Gasteiger partial charge in [0.1, 0.15) is 12.4 Å². The number of carbonyl (C=O) groups is 1. The molecule has 7 nitrogen and oxygen atoms in total. The van der Waals surface area contributed by atoms with Crippen LogP contribution in [0.2, 0.25) is 0 Å². The number of fused-ring (bicyclic) bond motifs is 1. The van der Waals surface area contributed by atoms with Gasteiger partial charge in [-0.05, 0) is 96.4 Å². The number of benzene rings is 4. The van der Waals surface area contributed by atoms with Gasteiger partial charge < -0.3 is 18.8 Å². The smallest absolute Gasteiger partial charge is 0.271 e. The third-order valence-electron chi connectivity index (χ3n) is 6.64. The predicted molar refractivity (Wildman–Crippen MR) is 154 cm³/mol. The molecule has 2 heterocycles. The van der Waals surface area contributed by atoms with Crippen molar-refractivity contribution in [3.05, 3.63) is 132 Å². The minimum Gasteiger partial charge on any atom is -0.489 e. The Kier molecular flexibility index (Phi) is 7.01. The van der Waals surface area contributed by atoms with Crippen molar-refractivity contribution < 1.29 is 19.0 Å². The molecule has 1 aliphatic heterocycles. The van der Waals surface area contributed by atoms with Crippen LogP contribution in [-0.4, -0.2) is 23.5 Å². The van der Waals surface area contributed by atoms with Crippen LogP contribution >= 0.6 is 0 Å². The van der Waals surface area contributed by atoms with E-state index in [0.717, 1.165) is 51.0 Å². The number of aromatic nitrogens is 1. The molecule has 198 valence electrons. The Labute approximate surface area is 232 Å². The average Bonchev–Trinajstić information content (AvgIpc) is 3.63. The Morgan fingerprint density at radius 1 is 0.900 bits per heavy atom. The van der Waals surface area contributed by atoms with Crippen molar-refractivity contribution in [2.24, 2.45) is 5.10 Å². The van der Waals surface area contributed by atoms with Crippen molar-refractivity contribution >= 4 is 12.1 Å². The van der Waals surface area contributed by atoms with Gasteiger partial charge in [-0.25, -0.2) is 5.43 Å². The summed E-state index contributed by atoms with van der Waals surface area (Å²) in [4.78, 5) is 12.7. The Balaban J connectivity index is 1.04. The van der Waals surface area contributed by atoms with Crippen LogP contribution in [0.3, 0.4) is 0 Å². The number of aryl methyl sites for hydroxylation is 1. The topological polar surface area (TPSA) is 74.1 Å². The molecule has 0 saturated heterocycles. The van der Waals surface area contributed by atoms with E-state index >= 15 is 0 Å². The Morgan fingerprint density at radius 2 is 1.68 bits per heavy atom. The minimum atomic E-state index is -0.279. The zero-order valence-corrected chi connectivity index (χ0v) is 21.9. The largest absolute Gasteiger partial charge is 0.489 e. The summed E-state index contributed by atoms with van der Waals surface area (Å²) in [5, 5.41) is 4.12. The monoisotopic (exact) mass is 529 g/mol. The molecule has 0 unspecified atom stereocenters. The van der Waals surface area contributed by atoms with Crippen LogP contribution in [0.25, 0.3) is 16.9 Å². The maximum absolute atomic E-state index is 12.7. The lowest BCUT2D eigenvalue weighted by atomic mass is 10.1.